The minimum absolute atomic E-state index is 0.453. The van der Waals surface area contributed by atoms with E-state index < -0.39 is 6.29 Å². The lowest BCUT2D eigenvalue weighted by atomic mass is 10.3. The second kappa shape index (κ2) is 3.24. The first kappa shape index (κ1) is 8.23. The van der Waals surface area contributed by atoms with Crippen molar-refractivity contribution in [1.29, 1.82) is 0 Å². The van der Waals surface area contributed by atoms with E-state index in [9.17, 15) is 0 Å². The average Bonchev–Trinajstić information content (AvgIpc) is 2.74. The normalized spacial score (nSPS) is 14.1. The fraction of sp³-hybridized carbons (Fsp3) is 0.0909. The van der Waals surface area contributed by atoms with Crippen LogP contribution in [0.5, 0.6) is 11.5 Å². The first-order valence-electron chi connectivity index (χ1n) is 4.62. The smallest absolute Gasteiger partial charge is 0.285 e. The summed E-state index contributed by atoms with van der Waals surface area (Å²) in [5.74, 6) is 1.50. The van der Waals surface area contributed by atoms with Crippen LogP contribution in [-0.4, -0.2) is 9.97 Å². The van der Waals surface area contributed by atoms with Crippen LogP contribution in [0.2, 0.25) is 0 Å². The van der Waals surface area contributed by atoms with Crippen LogP contribution in [0.25, 0.3) is 0 Å². The van der Waals surface area contributed by atoms with Crippen molar-refractivity contribution < 1.29 is 9.47 Å². The molecule has 0 amide bonds. The van der Waals surface area contributed by atoms with Crippen molar-refractivity contribution in [3.63, 3.8) is 0 Å². The molecule has 4 heteroatoms. The number of hydrogen-bond acceptors (Lipinski definition) is 4. The molecule has 0 atom stereocenters. The number of rotatable bonds is 1. The minimum atomic E-state index is -0.453. The molecule has 4 nitrogen and oxygen atoms in total. The Morgan fingerprint density at radius 3 is 2.33 bits per heavy atom. The van der Waals surface area contributed by atoms with Gasteiger partial charge in [0.15, 0.2) is 11.5 Å². The first-order valence-corrected chi connectivity index (χ1v) is 4.62. The molecule has 1 aliphatic heterocycles. The van der Waals surface area contributed by atoms with Crippen molar-refractivity contribution in [2.24, 2.45) is 0 Å². The molecule has 0 spiro atoms. The number of ether oxygens (including phenoxy) is 2. The van der Waals surface area contributed by atoms with Crippen LogP contribution in [0, 0.1) is 0 Å². The SMILES string of the molecule is c1ccc2c(c1)OC(c1ccncn1)O2. The summed E-state index contributed by atoms with van der Waals surface area (Å²) in [7, 11) is 0. The van der Waals surface area contributed by atoms with E-state index in [4.69, 9.17) is 9.47 Å². The van der Waals surface area contributed by atoms with E-state index in [-0.39, 0.29) is 0 Å². The zero-order valence-corrected chi connectivity index (χ0v) is 7.83. The maximum atomic E-state index is 5.58. The molecule has 1 aromatic heterocycles. The van der Waals surface area contributed by atoms with Crippen LogP contribution in [0.3, 0.4) is 0 Å². The number of para-hydroxylation sites is 2. The van der Waals surface area contributed by atoms with Crippen molar-refractivity contribution in [3.8, 4) is 11.5 Å². The number of aromatic nitrogens is 2. The molecule has 0 N–H and O–H groups in total. The molecule has 0 saturated carbocycles. The summed E-state index contributed by atoms with van der Waals surface area (Å²) in [5.41, 5.74) is 0.723. The summed E-state index contributed by atoms with van der Waals surface area (Å²) in [6.07, 6.45) is 2.69. The Morgan fingerprint density at radius 2 is 1.73 bits per heavy atom. The Hall–Kier alpha value is -2.10. The zero-order valence-electron chi connectivity index (χ0n) is 7.83. The summed E-state index contributed by atoms with van der Waals surface area (Å²) in [6, 6.07) is 9.33. The molecule has 1 aliphatic rings. The molecule has 2 aromatic rings. The summed E-state index contributed by atoms with van der Waals surface area (Å²) in [6.45, 7) is 0. The zero-order chi connectivity index (χ0) is 10.1. The van der Waals surface area contributed by atoms with E-state index in [0.29, 0.717) is 0 Å². The molecule has 0 radical (unpaired) electrons. The largest absolute Gasteiger partial charge is 0.445 e. The second-order valence-electron chi connectivity index (χ2n) is 3.15. The minimum Gasteiger partial charge on any atom is -0.445 e. The summed E-state index contributed by atoms with van der Waals surface area (Å²) in [5, 5.41) is 0. The molecule has 74 valence electrons. The molecule has 0 fully saturated rings. The van der Waals surface area contributed by atoms with Gasteiger partial charge in [-0.15, -0.1) is 0 Å². The van der Waals surface area contributed by atoms with Crippen LogP contribution in [0.4, 0.5) is 0 Å². The monoisotopic (exact) mass is 200 g/mol. The maximum absolute atomic E-state index is 5.58. The summed E-state index contributed by atoms with van der Waals surface area (Å²) in [4.78, 5) is 7.93. The first-order chi connectivity index (χ1) is 7.43. The third-order valence-corrected chi connectivity index (χ3v) is 2.16. The van der Waals surface area contributed by atoms with E-state index in [2.05, 4.69) is 9.97 Å². The predicted octanol–water partition coefficient (Wildman–Crippen LogP) is 1.95. The van der Waals surface area contributed by atoms with Gasteiger partial charge in [0, 0.05) is 6.20 Å². The van der Waals surface area contributed by atoms with E-state index in [1.165, 1.54) is 6.33 Å². The van der Waals surface area contributed by atoms with Crippen LogP contribution in [-0.2, 0) is 0 Å². The Balaban J connectivity index is 1.91. The maximum Gasteiger partial charge on any atom is 0.285 e. The fourth-order valence-corrected chi connectivity index (χ4v) is 1.46. The molecule has 0 bridgehead atoms. The van der Waals surface area contributed by atoms with Crippen LogP contribution < -0.4 is 9.47 Å². The Kier molecular flexibility index (Phi) is 1.78. The highest BCUT2D eigenvalue weighted by atomic mass is 16.7. The molecule has 0 aliphatic carbocycles. The highest BCUT2D eigenvalue weighted by Crippen LogP contribution is 2.39. The Bertz CT molecular complexity index is 448. The topological polar surface area (TPSA) is 44.2 Å². The van der Waals surface area contributed by atoms with Gasteiger partial charge in [0.1, 0.15) is 12.0 Å². The molecule has 0 saturated heterocycles. The van der Waals surface area contributed by atoms with Gasteiger partial charge in [-0.1, -0.05) is 12.1 Å². The molecule has 2 heterocycles. The Morgan fingerprint density at radius 1 is 1.00 bits per heavy atom. The van der Waals surface area contributed by atoms with Gasteiger partial charge >= 0.3 is 0 Å². The van der Waals surface area contributed by atoms with Crippen LogP contribution in [0.15, 0.2) is 42.9 Å². The second-order valence-corrected chi connectivity index (χ2v) is 3.15. The van der Waals surface area contributed by atoms with E-state index >= 15 is 0 Å². The van der Waals surface area contributed by atoms with E-state index in [0.717, 1.165) is 17.2 Å². The molecular formula is C11H8N2O2. The molecule has 0 unspecified atom stereocenters. The van der Waals surface area contributed by atoms with Gasteiger partial charge in [-0.25, -0.2) is 9.97 Å². The fourth-order valence-electron chi connectivity index (χ4n) is 1.46. The average molecular weight is 200 g/mol. The van der Waals surface area contributed by atoms with Crippen LogP contribution in [0.1, 0.15) is 12.0 Å². The van der Waals surface area contributed by atoms with Gasteiger partial charge in [-0.3, -0.25) is 0 Å². The van der Waals surface area contributed by atoms with Crippen molar-refractivity contribution in [3.05, 3.63) is 48.5 Å². The van der Waals surface area contributed by atoms with Gasteiger partial charge in [0.05, 0.1) is 0 Å². The summed E-state index contributed by atoms with van der Waals surface area (Å²) >= 11 is 0. The molecule has 1 aromatic carbocycles. The van der Waals surface area contributed by atoms with Gasteiger partial charge in [-0.2, -0.15) is 0 Å². The van der Waals surface area contributed by atoms with E-state index in [1.54, 1.807) is 12.3 Å². The molecule has 3 rings (SSSR count). The highest BCUT2D eigenvalue weighted by molar-refractivity contribution is 5.42. The van der Waals surface area contributed by atoms with Crippen molar-refractivity contribution in [1.82, 2.24) is 9.97 Å². The van der Waals surface area contributed by atoms with Gasteiger partial charge < -0.3 is 9.47 Å². The van der Waals surface area contributed by atoms with Gasteiger partial charge in [-0.05, 0) is 18.2 Å². The number of hydrogen-bond donors (Lipinski definition) is 0. The third kappa shape index (κ3) is 1.40. The van der Waals surface area contributed by atoms with Crippen LogP contribution >= 0.6 is 0 Å². The lowest BCUT2D eigenvalue weighted by Crippen LogP contribution is -2.09. The summed E-state index contributed by atoms with van der Waals surface area (Å²) < 4.78 is 11.2. The number of benzene rings is 1. The quantitative estimate of drug-likeness (QED) is 0.705. The number of fused-ring (bicyclic) bond motifs is 1. The number of nitrogens with zero attached hydrogens (tertiary/aromatic N) is 2. The highest BCUT2D eigenvalue weighted by Gasteiger charge is 2.25. The van der Waals surface area contributed by atoms with Crippen molar-refractivity contribution in [2.45, 2.75) is 6.29 Å². The molecule has 15 heavy (non-hydrogen) atoms. The van der Waals surface area contributed by atoms with Gasteiger partial charge in [0.25, 0.3) is 6.29 Å². The van der Waals surface area contributed by atoms with Crippen molar-refractivity contribution >= 4 is 0 Å². The van der Waals surface area contributed by atoms with Gasteiger partial charge in [0.2, 0.25) is 0 Å². The Labute approximate surface area is 86.5 Å². The predicted molar refractivity (Wildman–Crippen MR) is 52.5 cm³/mol. The standard InChI is InChI=1S/C11H8N2O2/c1-2-4-10-9(3-1)14-11(15-10)8-5-6-12-7-13-8/h1-7,11H. The van der Waals surface area contributed by atoms with Crippen molar-refractivity contribution in [2.75, 3.05) is 0 Å². The lowest BCUT2D eigenvalue weighted by Gasteiger charge is -2.07. The molecular weight excluding hydrogens is 192 g/mol. The third-order valence-electron chi connectivity index (χ3n) is 2.16. The lowest BCUT2D eigenvalue weighted by molar-refractivity contribution is 0.0446. The van der Waals surface area contributed by atoms with E-state index in [1.807, 2.05) is 24.3 Å².